The van der Waals surface area contributed by atoms with Crippen molar-refractivity contribution in [1.29, 1.82) is 0 Å². The van der Waals surface area contributed by atoms with Gasteiger partial charge in [-0.15, -0.1) is 0 Å². The van der Waals surface area contributed by atoms with Gasteiger partial charge in [0.2, 0.25) is 0 Å². The van der Waals surface area contributed by atoms with Crippen molar-refractivity contribution < 1.29 is 14.4 Å². The van der Waals surface area contributed by atoms with Gasteiger partial charge in [-0.2, -0.15) is 0 Å². The van der Waals surface area contributed by atoms with E-state index in [1.165, 1.54) is 0 Å². The fraction of sp³-hybridized carbons (Fsp3) is 0.667. The summed E-state index contributed by atoms with van der Waals surface area (Å²) < 4.78 is 4.94. The Morgan fingerprint density at radius 1 is 1.47 bits per heavy atom. The zero-order valence-electron chi connectivity index (χ0n) is 10.2. The van der Waals surface area contributed by atoms with Gasteiger partial charge in [0, 0.05) is 6.54 Å². The Hall–Kier alpha value is -1.36. The maximum Gasteiger partial charge on any atom is 0.256 e. The number of hydrogen-bond acceptors (Lipinski definition) is 4. The van der Waals surface area contributed by atoms with E-state index < -0.39 is 5.60 Å². The molecule has 0 aliphatic heterocycles. The monoisotopic (exact) mass is 238 g/mol. The van der Waals surface area contributed by atoms with Crippen LogP contribution in [0.2, 0.25) is 0 Å². The van der Waals surface area contributed by atoms with Crippen LogP contribution in [0, 0.1) is 13.8 Å². The second kappa shape index (κ2) is 4.49. The molecule has 1 heterocycles. The van der Waals surface area contributed by atoms with Gasteiger partial charge in [0.1, 0.15) is 11.3 Å². The van der Waals surface area contributed by atoms with Crippen LogP contribution in [0.3, 0.4) is 0 Å². The molecule has 2 rings (SSSR count). The van der Waals surface area contributed by atoms with Gasteiger partial charge in [0.25, 0.3) is 5.91 Å². The minimum Gasteiger partial charge on any atom is -0.388 e. The Labute approximate surface area is 100 Å². The van der Waals surface area contributed by atoms with Gasteiger partial charge in [0.05, 0.1) is 11.3 Å². The molecule has 1 aliphatic rings. The van der Waals surface area contributed by atoms with Crippen LogP contribution < -0.4 is 5.32 Å². The number of carbonyl (C=O) groups is 1. The Kier molecular flexibility index (Phi) is 3.19. The number of hydrogen-bond donors (Lipinski definition) is 2. The normalized spacial score (nSPS) is 18.3. The molecule has 17 heavy (non-hydrogen) atoms. The molecule has 1 aromatic heterocycles. The molecule has 5 heteroatoms. The van der Waals surface area contributed by atoms with Crippen LogP contribution in [0.5, 0.6) is 0 Å². The smallest absolute Gasteiger partial charge is 0.256 e. The number of aryl methyl sites for hydroxylation is 2. The molecule has 0 atom stereocenters. The number of carbonyl (C=O) groups excluding carboxylic acids is 1. The number of amides is 1. The van der Waals surface area contributed by atoms with Crippen LogP contribution in [-0.4, -0.2) is 28.3 Å². The number of rotatable bonds is 3. The van der Waals surface area contributed by atoms with Gasteiger partial charge in [-0.1, -0.05) is 18.0 Å². The molecule has 0 aromatic carbocycles. The first-order valence-corrected chi connectivity index (χ1v) is 5.95. The molecule has 94 valence electrons. The lowest BCUT2D eigenvalue weighted by atomic mass is 10.0. The summed E-state index contributed by atoms with van der Waals surface area (Å²) in [5.41, 5.74) is 0.333. The summed E-state index contributed by atoms with van der Waals surface area (Å²) in [4.78, 5) is 11.9. The molecule has 0 spiro atoms. The number of nitrogens with zero attached hydrogens (tertiary/aromatic N) is 1. The first-order valence-electron chi connectivity index (χ1n) is 5.95. The van der Waals surface area contributed by atoms with Gasteiger partial charge < -0.3 is 14.9 Å². The largest absolute Gasteiger partial charge is 0.388 e. The van der Waals surface area contributed by atoms with Crippen molar-refractivity contribution in [2.75, 3.05) is 6.54 Å². The maximum atomic E-state index is 11.9. The average Bonchev–Trinajstić information content (AvgIpc) is 2.84. The standard InChI is InChI=1S/C12H18N2O3/c1-8-10(9(2)17-14-8)11(15)13-7-12(16)5-3-4-6-12/h16H,3-7H2,1-2H3,(H,13,15). The fourth-order valence-electron chi connectivity index (χ4n) is 2.35. The minimum atomic E-state index is -0.728. The van der Waals surface area contributed by atoms with E-state index in [2.05, 4.69) is 10.5 Å². The third kappa shape index (κ3) is 2.49. The molecule has 1 aliphatic carbocycles. The van der Waals surface area contributed by atoms with Crippen molar-refractivity contribution >= 4 is 5.91 Å². The quantitative estimate of drug-likeness (QED) is 0.833. The second-order valence-electron chi connectivity index (χ2n) is 4.81. The Balaban J connectivity index is 1.98. The van der Waals surface area contributed by atoms with Gasteiger partial charge in [0.15, 0.2) is 0 Å². The van der Waals surface area contributed by atoms with Crippen LogP contribution in [-0.2, 0) is 0 Å². The Morgan fingerprint density at radius 3 is 2.65 bits per heavy atom. The predicted octanol–water partition coefficient (Wildman–Crippen LogP) is 1.33. The van der Waals surface area contributed by atoms with Crippen molar-refractivity contribution in [3.63, 3.8) is 0 Å². The van der Waals surface area contributed by atoms with Gasteiger partial charge >= 0.3 is 0 Å². The van der Waals surface area contributed by atoms with E-state index in [1.54, 1.807) is 13.8 Å². The molecule has 0 saturated heterocycles. The topological polar surface area (TPSA) is 75.4 Å². The second-order valence-corrected chi connectivity index (χ2v) is 4.81. The van der Waals surface area contributed by atoms with Crippen molar-refractivity contribution in [2.45, 2.75) is 45.1 Å². The Morgan fingerprint density at radius 2 is 2.12 bits per heavy atom. The van der Waals surface area contributed by atoms with Crippen LogP contribution in [0.15, 0.2) is 4.52 Å². The SMILES string of the molecule is Cc1noc(C)c1C(=O)NCC1(O)CCCC1. The summed E-state index contributed by atoms with van der Waals surface area (Å²) in [6, 6.07) is 0. The van der Waals surface area contributed by atoms with Crippen LogP contribution in [0.25, 0.3) is 0 Å². The lowest BCUT2D eigenvalue weighted by Crippen LogP contribution is -2.41. The van der Waals surface area contributed by atoms with Gasteiger partial charge in [-0.3, -0.25) is 4.79 Å². The molecule has 2 N–H and O–H groups in total. The van der Waals surface area contributed by atoms with Crippen molar-refractivity contribution in [1.82, 2.24) is 10.5 Å². The summed E-state index contributed by atoms with van der Waals surface area (Å²) in [6.07, 6.45) is 3.57. The third-order valence-electron chi connectivity index (χ3n) is 3.37. The summed E-state index contributed by atoms with van der Waals surface area (Å²) in [5, 5.41) is 16.6. The molecule has 0 bridgehead atoms. The minimum absolute atomic E-state index is 0.221. The van der Waals surface area contributed by atoms with E-state index in [0.29, 0.717) is 23.6 Å². The molecule has 1 amide bonds. The zero-order valence-corrected chi connectivity index (χ0v) is 10.2. The number of nitrogens with one attached hydrogen (secondary N) is 1. The molecule has 0 radical (unpaired) electrons. The summed E-state index contributed by atoms with van der Waals surface area (Å²) in [5.74, 6) is 0.292. The van der Waals surface area contributed by atoms with Crippen molar-refractivity contribution in [3.05, 3.63) is 17.0 Å². The van der Waals surface area contributed by atoms with Crippen molar-refractivity contribution in [2.24, 2.45) is 0 Å². The summed E-state index contributed by atoms with van der Waals surface area (Å²) in [7, 11) is 0. The van der Waals surface area contributed by atoms with E-state index in [1.807, 2.05) is 0 Å². The molecular formula is C12H18N2O3. The average molecular weight is 238 g/mol. The molecule has 1 aromatic rings. The molecule has 5 nitrogen and oxygen atoms in total. The summed E-state index contributed by atoms with van der Waals surface area (Å²) >= 11 is 0. The van der Waals surface area contributed by atoms with Crippen molar-refractivity contribution in [3.8, 4) is 0 Å². The van der Waals surface area contributed by atoms with E-state index in [9.17, 15) is 9.90 Å². The zero-order chi connectivity index (χ0) is 12.5. The molecule has 0 unspecified atom stereocenters. The first kappa shape index (κ1) is 12.1. The highest BCUT2D eigenvalue weighted by atomic mass is 16.5. The molecule has 1 fully saturated rings. The predicted molar refractivity (Wildman–Crippen MR) is 61.7 cm³/mol. The Bertz CT molecular complexity index is 400. The van der Waals surface area contributed by atoms with Gasteiger partial charge in [-0.25, -0.2) is 0 Å². The van der Waals surface area contributed by atoms with E-state index in [4.69, 9.17) is 4.52 Å². The third-order valence-corrected chi connectivity index (χ3v) is 3.37. The highest BCUT2D eigenvalue weighted by molar-refractivity contribution is 5.96. The lowest BCUT2D eigenvalue weighted by Gasteiger charge is -2.22. The maximum absolute atomic E-state index is 11.9. The van der Waals surface area contributed by atoms with Crippen LogP contribution in [0.4, 0.5) is 0 Å². The van der Waals surface area contributed by atoms with Crippen LogP contribution >= 0.6 is 0 Å². The van der Waals surface area contributed by atoms with Gasteiger partial charge in [-0.05, 0) is 26.7 Å². The fourth-order valence-corrected chi connectivity index (χ4v) is 2.35. The highest BCUT2D eigenvalue weighted by Gasteiger charge is 2.31. The molecule has 1 saturated carbocycles. The first-order chi connectivity index (χ1) is 8.02. The van der Waals surface area contributed by atoms with E-state index in [0.717, 1.165) is 25.7 Å². The van der Waals surface area contributed by atoms with Crippen LogP contribution in [0.1, 0.15) is 47.5 Å². The molecular weight excluding hydrogens is 220 g/mol. The van der Waals surface area contributed by atoms with E-state index in [-0.39, 0.29) is 5.91 Å². The summed E-state index contributed by atoms with van der Waals surface area (Å²) in [6.45, 7) is 3.74. The number of aliphatic hydroxyl groups is 1. The van der Waals surface area contributed by atoms with E-state index >= 15 is 0 Å². The lowest BCUT2D eigenvalue weighted by molar-refractivity contribution is 0.0449. The highest BCUT2D eigenvalue weighted by Crippen LogP contribution is 2.28. The number of aromatic nitrogens is 1.